The molecular weight excluding hydrogens is 271 g/mol. The molecule has 0 radical (unpaired) electrons. The summed E-state index contributed by atoms with van der Waals surface area (Å²) in [5.41, 5.74) is 6.23. The number of aromatic hydroxyl groups is 1. The molecule has 0 amide bonds. The van der Waals surface area contributed by atoms with Gasteiger partial charge in [-0.2, -0.15) is 0 Å². The minimum absolute atomic E-state index is 0.0313. The monoisotopic (exact) mass is 296 g/mol. The molecule has 0 aliphatic carbocycles. The quantitative estimate of drug-likeness (QED) is 0.792. The number of halogens is 1. The molecule has 2 rings (SSSR count). The van der Waals surface area contributed by atoms with Crippen LogP contribution in [0.3, 0.4) is 0 Å². The Kier molecular flexibility index (Phi) is 5.96. The zero-order chi connectivity index (χ0) is 15.2. The number of benzene rings is 1. The van der Waals surface area contributed by atoms with Crippen LogP contribution in [0.5, 0.6) is 5.75 Å². The molecule has 0 spiro atoms. The van der Waals surface area contributed by atoms with Crippen LogP contribution >= 0.6 is 0 Å². The lowest BCUT2D eigenvalue weighted by molar-refractivity contribution is -0.000919. The average molecular weight is 296 g/mol. The maximum Gasteiger partial charge on any atom is 0.126 e. The highest BCUT2D eigenvalue weighted by Crippen LogP contribution is 2.31. The van der Waals surface area contributed by atoms with Crippen LogP contribution in [-0.4, -0.2) is 42.4 Å². The number of phenols is 1. The van der Waals surface area contributed by atoms with Crippen LogP contribution in [0.4, 0.5) is 4.39 Å². The van der Waals surface area contributed by atoms with E-state index < -0.39 is 5.82 Å². The van der Waals surface area contributed by atoms with E-state index in [-0.39, 0.29) is 11.8 Å². The number of rotatable bonds is 6. The molecule has 0 saturated carbocycles. The average Bonchev–Trinajstić information content (AvgIpc) is 2.48. The van der Waals surface area contributed by atoms with E-state index in [2.05, 4.69) is 4.90 Å². The number of nitrogens with zero attached hydrogens (tertiary/aromatic N) is 1. The normalized spacial score (nSPS) is 18.8. The molecule has 1 aromatic rings. The Morgan fingerprint density at radius 2 is 2.14 bits per heavy atom. The van der Waals surface area contributed by atoms with Crippen LogP contribution < -0.4 is 5.73 Å². The van der Waals surface area contributed by atoms with Gasteiger partial charge in [-0.15, -0.1) is 0 Å². The molecule has 21 heavy (non-hydrogen) atoms. The Bertz CT molecular complexity index is 448. The Morgan fingerprint density at radius 3 is 2.76 bits per heavy atom. The van der Waals surface area contributed by atoms with Crippen molar-refractivity contribution in [3.8, 4) is 5.75 Å². The van der Waals surface area contributed by atoms with Gasteiger partial charge in [0.25, 0.3) is 0 Å². The van der Waals surface area contributed by atoms with Crippen molar-refractivity contribution in [3.63, 3.8) is 0 Å². The van der Waals surface area contributed by atoms with E-state index in [9.17, 15) is 9.50 Å². The number of likely N-dealkylation sites (tertiary alicyclic amines) is 1. The molecule has 0 aromatic heterocycles. The predicted molar refractivity (Wildman–Crippen MR) is 80.7 cm³/mol. The van der Waals surface area contributed by atoms with Crippen molar-refractivity contribution in [2.24, 2.45) is 5.73 Å². The van der Waals surface area contributed by atoms with Gasteiger partial charge in [0.15, 0.2) is 0 Å². The molecule has 0 bridgehead atoms. The second-order valence-electron chi connectivity index (χ2n) is 5.63. The third-order valence-electron chi connectivity index (χ3n) is 4.17. The van der Waals surface area contributed by atoms with Crippen molar-refractivity contribution in [2.45, 2.75) is 38.3 Å². The Morgan fingerprint density at radius 1 is 1.43 bits per heavy atom. The summed E-state index contributed by atoms with van der Waals surface area (Å²) in [5.74, 6) is -0.376. The van der Waals surface area contributed by atoms with Gasteiger partial charge in [0.05, 0.1) is 6.10 Å². The van der Waals surface area contributed by atoms with Crippen LogP contribution in [0.1, 0.15) is 37.8 Å². The molecule has 1 fully saturated rings. The van der Waals surface area contributed by atoms with Crippen molar-refractivity contribution in [1.29, 1.82) is 0 Å². The Labute approximate surface area is 125 Å². The topological polar surface area (TPSA) is 58.7 Å². The SMILES string of the molecule is CC(c1ccc(F)cc1O)N1CCC(OCCCN)CC1. The van der Waals surface area contributed by atoms with Crippen LogP contribution in [-0.2, 0) is 4.74 Å². The van der Waals surface area contributed by atoms with Gasteiger partial charge in [-0.05, 0) is 38.8 Å². The lowest BCUT2D eigenvalue weighted by Gasteiger charge is -2.36. The Balaban J connectivity index is 1.86. The van der Waals surface area contributed by atoms with Crippen LogP contribution in [0.25, 0.3) is 0 Å². The Hall–Kier alpha value is -1.17. The maximum atomic E-state index is 13.1. The number of nitrogens with two attached hydrogens (primary N) is 1. The molecule has 1 saturated heterocycles. The molecular formula is C16H25FN2O2. The van der Waals surface area contributed by atoms with E-state index in [1.54, 1.807) is 6.07 Å². The number of ether oxygens (including phenoxy) is 1. The molecule has 1 aliphatic rings. The fourth-order valence-corrected chi connectivity index (χ4v) is 2.83. The maximum absolute atomic E-state index is 13.1. The van der Waals surface area contributed by atoms with Gasteiger partial charge < -0.3 is 15.6 Å². The van der Waals surface area contributed by atoms with Gasteiger partial charge in [0.2, 0.25) is 0 Å². The van der Waals surface area contributed by atoms with Gasteiger partial charge >= 0.3 is 0 Å². The molecule has 118 valence electrons. The summed E-state index contributed by atoms with van der Waals surface area (Å²) in [7, 11) is 0. The van der Waals surface area contributed by atoms with E-state index in [1.165, 1.54) is 12.1 Å². The van der Waals surface area contributed by atoms with Crippen molar-refractivity contribution >= 4 is 0 Å². The fraction of sp³-hybridized carbons (Fsp3) is 0.625. The zero-order valence-electron chi connectivity index (χ0n) is 12.6. The highest BCUT2D eigenvalue weighted by Gasteiger charge is 2.25. The molecule has 1 heterocycles. The third kappa shape index (κ3) is 4.40. The zero-order valence-corrected chi connectivity index (χ0v) is 12.6. The standard InChI is InChI=1S/C16H25FN2O2/c1-12(15-4-3-13(17)11-16(15)20)19-8-5-14(6-9-19)21-10-2-7-18/h3-4,11-12,14,20H,2,5-10,18H2,1H3. The van der Waals surface area contributed by atoms with E-state index in [0.29, 0.717) is 12.6 Å². The number of piperidine rings is 1. The van der Waals surface area contributed by atoms with E-state index in [1.807, 2.05) is 6.92 Å². The first-order valence-electron chi connectivity index (χ1n) is 7.66. The molecule has 1 atom stereocenters. The first-order chi connectivity index (χ1) is 10.1. The molecule has 1 unspecified atom stereocenters. The first-order valence-corrected chi connectivity index (χ1v) is 7.66. The van der Waals surface area contributed by atoms with Crippen molar-refractivity contribution < 1.29 is 14.2 Å². The lowest BCUT2D eigenvalue weighted by atomic mass is 10.0. The van der Waals surface area contributed by atoms with Gasteiger partial charge in [0.1, 0.15) is 11.6 Å². The van der Waals surface area contributed by atoms with Gasteiger partial charge in [-0.1, -0.05) is 6.07 Å². The van der Waals surface area contributed by atoms with Gasteiger partial charge in [0, 0.05) is 37.4 Å². The summed E-state index contributed by atoms with van der Waals surface area (Å²) in [6.07, 6.45) is 3.18. The van der Waals surface area contributed by atoms with Crippen molar-refractivity contribution in [1.82, 2.24) is 4.90 Å². The largest absolute Gasteiger partial charge is 0.508 e. The number of hydrogen-bond donors (Lipinski definition) is 2. The molecule has 1 aromatic carbocycles. The van der Waals surface area contributed by atoms with Gasteiger partial charge in [-0.3, -0.25) is 4.90 Å². The van der Waals surface area contributed by atoms with Crippen LogP contribution in [0, 0.1) is 5.82 Å². The minimum Gasteiger partial charge on any atom is -0.508 e. The number of phenolic OH excluding ortho intramolecular Hbond substituents is 1. The van der Waals surface area contributed by atoms with Crippen molar-refractivity contribution in [3.05, 3.63) is 29.6 Å². The molecule has 1 aliphatic heterocycles. The highest BCUT2D eigenvalue weighted by molar-refractivity contribution is 5.35. The summed E-state index contributed by atoms with van der Waals surface area (Å²) in [6, 6.07) is 4.32. The summed E-state index contributed by atoms with van der Waals surface area (Å²) in [4.78, 5) is 2.30. The second kappa shape index (κ2) is 7.73. The smallest absolute Gasteiger partial charge is 0.126 e. The molecule has 5 heteroatoms. The molecule has 3 N–H and O–H groups in total. The predicted octanol–water partition coefficient (Wildman–Crippen LogP) is 2.42. The summed E-state index contributed by atoms with van der Waals surface area (Å²) in [5, 5.41) is 9.88. The van der Waals surface area contributed by atoms with E-state index in [0.717, 1.165) is 44.5 Å². The minimum atomic E-state index is -0.407. The van der Waals surface area contributed by atoms with Crippen LogP contribution in [0.2, 0.25) is 0 Å². The molecule has 4 nitrogen and oxygen atoms in total. The van der Waals surface area contributed by atoms with Crippen molar-refractivity contribution in [2.75, 3.05) is 26.2 Å². The fourth-order valence-electron chi connectivity index (χ4n) is 2.83. The summed E-state index contributed by atoms with van der Waals surface area (Å²) in [6.45, 7) is 5.29. The number of hydrogen-bond acceptors (Lipinski definition) is 4. The first kappa shape index (κ1) is 16.2. The van der Waals surface area contributed by atoms with E-state index >= 15 is 0 Å². The summed E-state index contributed by atoms with van der Waals surface area (Å²) >= 11 is 0. The lowest BCUT2D eigenvalue weighted by Crippen LogP contribution is -2.38. The third-order valence-corrected chi connectivity index (χ3v) is 4.17. The summed E-state index contributed by atoms with van der Waals surface area (Å²) < 4.78 is 18.8. The van der Waals surface area contributed by atoms with Gasteiger partial charge in [-0.25, -0.2) is 4.39 Å². The highest BCUT2D eigenvalue weighted by atomic mass is 19.1. The second-order valence-corrected chi connectivity index (χ2v) is 5.63. The van der Waals surface area contributed by atoms with Crippen LogP contribution in [0.15, 0.2) is 18.2 Å². The van der Waals surface area contributed by atoms with E-state index in [4.69, 9.17) is 10.5 Å².